The van der Waals surface area contributed by atoms with Gasteiger partial charge in [-0.05, 0) is 94.1 Å². The molecule has 0 bridgehead atoms. The van der Waals surface area contributed by atoms with Gasteiger partial charge in [0.05, 0.1) is 12.0 Å². The van der Waals surface area contributed by atoms with Crippen molar-refractivity contribution in [3.8, 4) is 16.9 Å². The van der Waals surface area contributed by atoms with Gasteiger partial charge in [0.25, 0.3) is 0 Å². The van der Waals surface area contributed by atoms with Gasteiger partial charge in [-0.3, -0.25) is 4.79 Å². The number of para-hydroxylation sites is 1. The van der Waals surface area contributed by atoms with Gasteiger partial charge < -0.3 is 24.6 Å². The van der Waals surface area contributed by atoms with Gasteiger partial charge in [0, 0.05) is 19.2 Å². The first kappa shape index (κ1) is 35.1. The first-order chi connectivity index (χ1) is 20.0. The topological polar surface area (TPSA) is 94.1 Å². The Hall–Kier alpha value is -4.05. The van der Waals surface area contributed by atoms with Crippen LogP contribution >= 0.6 is 0 Å². The third-order valence-corrected chi connectivity index (χ3v) is 5.54. The number of nitrogens with one attached hydrogen (secondary N) is 1. The van der Waals surface area contributed by atoms with Crippen LogP contribution in [0, 0.1) is 0 Å². The van der Waals surface area contributed by atoms with Crippen molar-refractivity contribution >= 4 is 12.1 Å². The molecular weight excluding hydrogens is 563 g/mol. The van der Waals surface area contributed by atoms with Gasteiger partial charge in [-0.25, -0.2) is 4.79 Å². The van der Waals surface area contributed by atoms with E-state index in [1.165, 1.54) is 0 Å². The third kappa shape index (κ3) is 12.4. The summed E-state index contributed by atoms with van der Waals surface area (Å²) in [5.41, 5.74) is 0.347. The minimum absolute atomic E-state index is 0.0363. The molecule has 0 radical (unpaired) electrons. The van der Waals surface area contributed by atoms with Gasteiger partial charge in [0.1, 0.15) is 23.6 Å². The fourth-order valence-corrected chi connectivity index (χ4v) is 3.94. The number of ether oxygens (including phenoxy) is 3. The summed E-state index contributed by atoms with van der Waals surface area (Å²) in [7, 11) is 1.00. The van der Waals surface area contributed by atoms with Crippen molar-refractivity contribution in [1.82, 2.24) is 5.32 Å². The summed E-state index contributed by atoms with van der Waals surface area (Å²) >= 11 is 0. The third-order valence-electron chi connectivity index (χ3n) is 5.54. The average Bonchev–Trinajstić information content (AvgIpc) is 2.90. The molecule has 2 N–H and O–H groups in total. The average molecular weight is 604 g/mol. The smallest absolute Gasteiger partial charge is 0.416 e. The molecule has 1 amide bonds. The Kier molecular flexibility index (Phi) is 12.2. The van der Waals surface area contributed by atoms with E-state index in [1.54, 1.807) is 96.1 Å². The maximum Gasteiger partial charge on any atom is 0.416 e. The number of benzene rings is 3. The zero-order valence-electron chi connectivity index (χ0n) is 25.6. The summed E-state index contributed by atoms with van der Waals surface area (Å²) in [6.45, 7) is 10.6. The number of carbonyl (C=O) groups excluding carboxylic acids is 2. The summed E-state index contributed by atoms with van der Waals surface area (Å²) in [5, 5.41) is 9.66. The Morgan fingerprint density at radius 2 is 1.40 bits per heavy atom. The Labute approximate surface area is 251 Å². The largest absolute Gasteiger partial charge is 0.489 e. The molecule has 0 aliphatic heterocycles. The second kappa shape index (κ2) is 14.9. The lowest BCUT2D eigenvalue weighted by Crippen LogP contribution is -2.32. The van der Waals surface area contributed by atoms with Crippen LogP contribution in [0.1, 0.15) is 63.8 Å². The highest BCUT2D eigenvalue weighted by Gasteiger charge is 2.31. The lowest BCUT2D eigenvalue weighted by atomic mass is 9.98. The highest BCUT2D eigenvalue weighted by atomic mass is 19.4. The van der Waals surface area contributed by atoms with Crippen LogP contribution in [0.15, 0.2) is 66.7 Å². The molecular formula is C33H40F3NO6. The van der Waals surface area contributed by atoms with Gasteiger partial charge in [-0.1, -0.05) is 36.4 Å². The Morgan fingerprint density at radius 1 is 0.767 bits per heavy atom. The van der Waals surface area contributed by atoms with Crippen LogP contribution < -0.4 is 10.1 Å². The Bertz CT molecular complexity index is 1370. The van der Waals surface area contributed by atoms with E-state index in [1.807, 2.05) is 0 Å². The molecule has 0 fully saturated rings. The molecule has 10 heteroatoms. The van der Waals surface area contributed by atoms with E-state index in [2.05, 4.69) is 5.32 Å². The number of halogens is 3. The molecule has 234 valence electrons. The summed E-state index contributed by atoms with van der Waals surface area (Å²) in [6, 6.07) is 17.5. The Balaban J connectivity index is 0.00000316. The number of hydrogen-bond donors (Lipinski definition) is 2. The summed E-state index contributed by atoms with van der Waals surface area (Å²) in [5.74, 6) is -0.0523. The minimum Gasteiger partial charge on any atom is -0.489 e. The number of hydrogen-bond acceptors (Lipinski definition) is 6. The first-order valence-electron chi connectivity index (χ1n) is 13.6. The summed E-state index contributed by atoms with van der Waals surface area (Å²) in [4.78, 5) is 24.4. The lowest BCUT2D eigenvalue weighted by molar-refractivity contribution is -0.154. The zero-order valence-corrected chi connectivity index (χ0v) is 25.6. The number of alkyl halides is 3. The van der Waals surface area contributed by atoms with E-state index < -0.39 is 35.0 Å². The second-order valence-electron chi connectivity index (χ2n) is 11.6. The predicted octanol–water partition coefficient (Wildman–Crippen LogP) is 7.47. The SMILES string of the molecule is CC(C)(C)OC(=O)Cc1ccccc1OCc1cc(-c2cccc(CNC(=O)OC(C)(C)C)c2)cc(C(F)(F)F)c1.CO. The van der Waals surface area contributed by atoms with Crippen molar-refractivity contribution < 1.29 is 42.1 Å². The molecule has 0 spiro atoms. The first-order valence-corrected chi connectivity index (χ1v) is 13.6. The number of amides is 1. The van der Waals surface area contributed by atoms with Crippen LogP contribution in [0.5, 0.6) is 5.75 Å². The summed E-state index contributed by atoms with van der Waals surface area (Å²) in [6.07, 6.45) is -5.20. The molecule has 0 saturated heterocycles. The quantitative estimate of drug-likeness (QED) is 0.260. The van der Waals surface area contributed by atoms with E-state index in [0.29, 0.717) is 33.6 Å². The minimum atomic E-state index is -4.57. The molecule has 0 unspecified atom stereocenters. The van der Waals surface area contributed by atoms with Crippen LogP contribution in [0.3, 0.4) is 0 Å². The van der Waals surface area contributed by atoms with Crippen molar-refractivity contribution in [1.29, 1.82) is 0 Å². The van der Waals surface area contributed by atoms with Crippen molar-refractivity contribution in [3.63, 3.8) is 0 Å². The van der Waals surface area contributed by atoms with E-state index >= 15 is 0 Å². The van der Waals surface area contributed by atoms with E-state index in [4.69, 9.17) is 19.3 Å². The van der Waals surface area contributed by atoms with Gasteiger partial charge in [-0.15, -0.1) is 0 Å². The monoisotopic (exact) mass is 603 g/mol. The second-order valence-corrected chi connectivity index (χ2v) is 11.6. The standard InChI is InChI=1S/C32H36F3NO5.CH4O/c1-30(2,3)40-28(37)18-24-11-7-8-13-27(24)39-20-22-15-25(17-26(16-22)32(33,34)35)23-12-9-10-21(14-23)19-36-29(38)41-31(4,5)6;1-2/h7-17H,18-20H2,1-6H3,(H,36,38);2H,1H3. The van der Waals surface area contributed by atoms with Crippen LogP contribution in [0.4, 0.5) is 18.0 Å². The van der Waals surface area contributed by atoms with Gasteiger partial charge in [0.2, 0.25) is 0 Å². The van der Waals surface area contributed by atoms with E-state index in [-0.39, 0.29) is 19.6 Å². The molecule has 0 atom stereocenters. The van der Waals surface area contributed by atoms with Crippen LogP contribution in [-0.4, -0.2) is 35.5 Å². The molecule has 3 aromatic rings. The van der Waals surface area contributed by atoms with E-state index in [0.717, 1.165) is 19.2 Å². The molecule has 3 aromatic carbocycles. The van der Waals surface area contributed by atoms with Crippen LogP contribution in [-0.2, 0) is 40.0 Å². The van der Waals surface area contributed by atoms with Gasteiger partial charge >= 0.3 is 18.2 Å². The lowest BCUT2D eigenvalue weighted by Gasteiger charge is -2.20. The summed E-state index contributed by atoms with van der Waals surface area (Å²) < 4.78 is 58.1. The normalized spacial score (nSPS) is 11.6. The molecule has 7 nitrogen and oxygen atoms in total. The van der Waals surface area contributed by atoms with E-state index in [9.17, 15) is 22.8 Å². The molecule has 0 aliphatic carbocycles. The molecule has 0 aliphatic rings. The number of carbonyl (C=O) groups is 2. The predicted molar refractivity (Wildman–Crippen MR) is 158 cm³/mol. The number of aliphatic hydroxyl groups is 1. The fourth-order valence-electron chi connectivity index (χ4n) is 3.94. The van der Waals surface area contributed by atoms with Crippen molar-refractivity contribution in [2.45, 2.75) is 78.5 Å². The highest BCUT2D eigenvalue weighted by molar-refractivity contribution is 5.74. The van der Waals surface area contributed by atoms with Crippen LogP contribution in [0.2, 0.25) is 0 Å². The molecule has 0 aromatic heterocycles. The van der Waals surface area contributed by atoms with Gasteiger partial charge in [-0.2, -0.15) is 13.2 Å². The maximum absolute atomic E-state index is 13.8. The van der Waals surface area contributed by atoms with Crippen molar-refractivity contribution in [3.05, 3.63) is 89.0 Å². The Morgan fingerprint density at radius 3 is 2.02 bits per heavy atom. The maximum atomic E-state index is 13.8. The van der Waals surface area contributed by atoms with Crippen LogP contribution in [0.25, 0.3) is 11.1 Å². The fraction of sp³-hybridized carbons (Fsp3) is 0.394. The number of alkyl carbamates (subject to hydrolysis) is 1. The highest BCUT2D eigenvalue weighted by Crippen LogP contribution is 2.34. The molecule has 3 rings (SSSR count). The zero-order chi connectivity index (χ0) is 32.4. The number of aliphatic hydroxyl groups excluding tert-OH is 1. The van der Waals surface area contributed by atoms with Crippen molar-refractivity contribution in [2.24, 2.45) is 0 Å². The number of rotatable bonds is 8. The van der Waals surface area contributed by atoms with Gasteiger partial charge in [0.15, 0.2) is 0 Å². The molecule has 43 heavy (non-hydrogen) atoms. The molecule has 0 saturated carbocycles. The van der Waals surface area contributed by atoms with Crippen molar-refractivity contribution in [2.75, 3.05) is 7.11 Å². The number of esters is 1. The molecule has 0 heterocycles.